The first-order chi connectivity index (χ1) is 8.83. The van der Waals surface area contributed by atoms with Crippen LogP contribution in [0.25, 0.3) is 5.65 Å². The summed E-state index contributed by atoms with van der Waals surface area (Å²) in [5.74, 6) is 0.739. The number of nitrogens with zero attached hydrogens (tertiary/aromatic N) is 3. The Labute approximate surface area is 104 Å². The molecule has 0 spiro atoms. The monoisotopic (exact) mass is 240 g/mol. The molecule has 0 aliphatic carbocycles. The molecule has 5 heteroatoms. The summed E-state index contributed by atoms with van der Waals surface area (Å²) >= 11 is 0. The van der Waals surface area contributed by atoms with Gasteiger partial charge >= 0.3 is 0 Å². The third-order valence-electron chi connectivity index (χ3n) is 2.64. The van der Waals surface area contributed by atoms with E-state index in [0.717, 1.165) is 17.1 Å². The first-order valence-electron chi connectivity index (χ1n) is 5.57. The molecule has 0 saturated heterocycles. The number of nitrogen functional groups attached to an aromatic ring is 1. The number of aromatic nitrogens is 3. The number of rotatable bonds is 3. The third-order valence-corrected chi connectivity index (χ3v) is 2.64. The SMILES string of the molecule is Nc1ccn2c(COc3cccnc3)cnc2c1. The molecule has 3 rings (SSSR count). The molecule has 0 radical (unpaired) electrons. The summed E-state index contributed by atoms with van der Waals surface area (Å²) in [7, 11) is 0. The van der Waals surface area contributed by atoms with Gasteiger partial charge in [-0.15, -0.1) is 0 Å². The van der Waals surface area contributed by atoms with E-state index in [1.54, 1.807) is 18.6 Å². The smallest absolute Gasteiger partial charge is 0.139 e. The van der Waals surface area contributed by atoms with Crippen LogP contribution < -0.4 is 10.5 Å². The number of ether oxygens (including phenoxy) is 1. The summed E-state index contributed by atoms with van der Waals surface area (Å²) < 4.78 is 7.59. The molecular weight excluding hydrogens is 228 g/mol. The van der Waals surface area contributed by atoms with Gasteiger partial charge in [-0.1, -0.05) is 0 Å². The van der Waals surface area contributed by atoms with E-state index in [1.807, 2.05) is 34.9 Å². The second kappa shape index (κ2) is 4.37. The van der Waals surface area contributed by atoms with Gasteiger partial charge < -0.3 is 14.9 Å². The van der Waals surface area contributed by atoms with Crippen molar-refractivity contribution in [2.45, 2.75) is 6.61 Å². The van der Waals surface area contributed by atoms with Gasteiger partial charge in [0, 0.05) is 24.1 Å². The van der Waals surface area contributed by atoms with Gasteiger partial charge in [-0.3, -0.25) is 4.98 Å². The van der Waals surface area contributed by atoms with Crippen LogP contribution in [0.2, 0.25) is 0 Å². The lowest BCUT2D eigenvalue weighted by Crippen LogP contribution is -2.00. The molecule has 3 aromatic rings. The Balaban J connectivity index is 1.83. The Hall–Kier alpha value is -2.56. The number of anilines is 1. The molecule has 0 amide bonds. The lowest BCUT2D eigenvalue weighted by molar-refractivity contribution is 0.299. The summed E-state index contributed by atoms with van der Waals surface area (Å²) in [4.78, 5) is 8.27. The van der Waals surface area contributed by atoms with Crippen LogP contribution in [0.1, 0.15) is 5.69 Å². The fourth-order valence-corrected chi connectivity index (χ4v) is 1.75. The van der Waals surface area contributed by atoms with Crippen LogP contribution in [0, 0.1) is 0 Å². The van der Waals surface area contributed by atoms with Crippen molar-refractivity contribution < 1.29 is 4.74 Å². The molecule has 18 heavy (non-hydrogen) atoms. The third kappa shape index (κ3) is 1.98. The summed E-state index contributed by atoms with van der Waals surface area (Å²) in [5.41, 5.74) is 8.19. The molecule has 0 unspecified atom stereocenters. The zero-order valence-corrected chi connectivity index (χ0v) is 9.65. The van der Waals surface area contributed by atoms with Crippen molar-refractivity contribution in [1.29, 1.82) is 0 Å². The maximum atomic E-state index is 5.71. The predicted molar refractivity (Wildman–Crippen MR) is 68.2 cm³/mol. The number of nitrogens with two attached hydrogens (primary N) is 1. The highest BCUT2D eigenvalue weighted by atomic mass is 16.5. The van der Waals surface area contributed by atoms with Gasteiger partial charge in [0.2, 0.25) is 0 Å². The maximum absolute atomic E-state index is 5.71. The van der Waals surface area contributed by atoms with Crippen molar-refractivity contribution in [3.63, 3.8) is 0 Å². The number of imidazole rings is 1. The van der Waals surface area contributed by atoms with E-state index in [-0.39, 0.29) is 0 Å². The quantitative estimate of drug-likeness (QED) is 0.759. The normalized spacial score (nSPS) is 10.7. The van der Waals surface area contributed by atoms with Crippen LogP contribution in [0.4, 0.5) is 5.69 Å². The van der Waals surface area contributed by atoms with Crippen molar-refractivity contribution in [2.75, 3.05) is 5.73 Å². The summed E-state index contributed by atoms with van der Waals surface area (Å²) in [6.07, 6.45) is 7.07. The highest BCUT2D eigenvalue weighted by molar-refractivity contribution is 5.52. The average Bonchev–Trinajstić information content (AvgIpc) is 2.80. The predicted octanol–water partition coefficient (Wildman–Crippen LogP) is 1.89. The molecule has 90 valence electrons. The molecule has 0 saturated carbocycles. The highest BCUT2D eigenvalue weighted by Gasteiger charge is 2.04. The zero-order chi connectivity index (χ0) is 12.4. The van der Waals surface area contributed by atoms with Gasteiger partial charge in [0.25, 0.3) is 0 Å². The second-order valence-corrected chi connectivity index (χ2v) is 3.92. The van der Waals surface area contributed by atoms with E-state index in [0.29, 0.717) is 12.3 Å². The van der Waals surface area contributed by atoms with Gasteiger partial charge in [-0.25, -0.2) is 4.98 Å². The molecule has 3 heterocycles. The molecular formula is C13H12N4O. The fourth-order valence-electron chi connectivity index (χ4n) is 1.75. The van der Waals surface area contributed by atoms with E-state index < -0.39 is 0 Å². The van der Waals surface area contributed by atoms with Crippen LogP contribution in [0.5, 0.6) is 5.75 Å². The van der Waals surface area contributed by atoms with Crippen molar-refractivity contribution in [1.82, 2.24) is 14.4 Å². The van der Waals surface area contributed by atoms with Crippen LogP contribution in [0.15, 0.2) is 49.1 Å². The van der Waals surface area contributed by atoms with E-state index in [1.165, 1.54) is 0 Å². The van der Waals surface area contributed by atoms with Crippen molar-refractivity contribution >= 4 is 11.3 Å². The molecule has 0 aliphatic heterocycles. The lowest BCUT2D eigenvalue weighted by Gasteiger charge is -2.05. The Bertz CT molecular complexity index is 663. The van der Waals surface area contributed by atoms with Crippen molar-refractivity contribution in [2.24, 2.45) is 0 Å². The van der Waals surface area contributed by atoms with E-state index >= 15 is 0 Å². The Morgan fingerprint density at radius 1 is 1.28 bits per heavy atom. The Morgan fingerprint density at radius 3 is 3.06 bits per heavy atom. The fraction of sp³-hybridized carbons (Fsp3) is 0.0769. The molecule has 0 fully saturated rings. The number of pyridine rings is 2. The molecule has 0 bridgehead atoms. The topological polar surface area (TPSA) is 65.4 Å². The average molecular weight is 240 g/mol. The maximum Gasteiger partial charge on any atom is 0.139 e. The summed E-state index contributed by atoms with van der Waals surface area (Å²) in [5, 5.41) is 0. The molecule has 3 aromatic heterocycles. The minimum atomic E-state index is 0.441. The first-order valence-corrected chi connectivity index (χ1v) is 5.57. The molecule has 2 N–H and O–H groups in total. The van der Waals surface area contributed by atoms with E-state index in [9.17, 15) is 0 Å². The Kier molecular flexibility index (Phi) is 2.57. The van der Waals surface area contributed by atoms with Crippen LogP contribution in [-0.2, 0) is 6.61 Å². The highest BCUT2D eigenvalue weighted by Crippen LogP contribution is 2.13. The van der Waals surface area contributed by atoms with Crippen LogP contribution in [0.3, 0.4) is 0 Å². The minimum Gasteiger partial charge on any atom is -0.486 e. The second-order valence-electron chi connectivity index (χ2n) is 3.92. The molecule has 0 atom stereocenters. The number of hydrogen-bond acceptors (Lipinski definition) is 4. The van der Waals surface area contributed by atoms with Gasteiger partial charge in [-0.05, 0) is 18.2 Å². The van der Waals surface area contributed by atoms with Crippen molar-refractivity contribution in [3.8, 4) is 5.75 Å². The molecule has 0 aliphatic rings. The van der Waals surface area contributed by atoms with E-state index in [2.05, 4.69) is 9.97 Å². The van der Waals surface area contributed by atoms with E-state index in [4.69, 9.17) is 10.5 Å². The molecule has 5 nitrogen and oxygen atoms in total. The standard InChI is InChI=1S/C13H12N4O/c14-10-3-5-17-11(7-16-13(17)6-10)9-18-12-2-1-4-15-8-12/h1-8H,9,14H2. The van der Waals surface area contributed by atoms with Gasteiger partial charge in [0.1, 0.15) is 18.0 Å². The van der Waals surface area contributed by atoms with Crippen LogP contribution in [-0.4, -0.2) is 14.4 Å². The zero-order valence-electron chi connectivity index (χ0n) is 9.65. The largest absolute Gasteiger partial charge is 0.486 e. The summed E-state index contributed by atoms with van der Waals surface area (Å²) in [6.45, 7) is 0.441. The number of fused-ring (bicyclic) bond motifs is 1. The molecule has 0 aromatic carbocycles. The Morgan fingerprint density at radius 2 is 2.22 bits per heavy atom. The van der Waals surface area contributed by atoms with Crippen LogP contribution >= 0.6 is 0 Å². The number of hydrogen-bond donors (Lipinski definition) is 1. The van der Waals surface area contributed by atoms with Gasteiger partial charge in [0.05, 0.1) is 18.1 Å². The van der Waals surface area contributed by atoms with Gasteiger partial charge in [0.15, 0.2) is 0 Å². The first kappa shape index (κ1) is 10.6. The summed E-state index contributed by atoms with van der Waals surface area (Å²) in [6, 6.07) is 7.37. The lowest BCUT2D eigenvalue weighted by atomic mass is 10.4. The minimum absolute atomic E-state index is 0.441. The van der Waals surface area contributed by atoms with Gasteiger partial charge in [-0.2, -0.15) is 0 Å². The van der Waals surface area contributed by atoms with Crippen molar-refractivity contribution in [3.05, 3.63) is 54.7 Å².